The highest BCUT2D eigenvalue weighted by Crippen LogP contribution is 2.20. The highest BCUT2D eigenvalue weighted by atomic mass is 16.7. The number of carbonyl (C=O) groups excluding carboxylic acids is 3. The van der Waals surface area contributed by atoms with E-state index in [1.807, 2.05) is 23.1 Å². The van der Waals surface area contributed by atoms with Crippen LogP contribution in [0.3, 0.4) is 0 Å². The standard InChI is InChI=1S/C23H26N2O5/c1-2-29-23(28)30-20-10-8-19(9-11-20)22(27)25-14-12-17(13-15-25)16-24-21(26)18-6-4-3-5-7-18/h3-11,17H,2,12-16H2,1H3,(H,24,26). The summed E-state index contributed by atoms with van der Waals surface area (Å²) >= 11 is 0. The minimum atomic E-state index is -0.766. The van der Waals surface area contributed by atoms with E-state index in [9.17, 15) is 14.4 Å². The molecule has 2 aromatic carbocycles. The fourth-order valence-corrected chi connectivity index (χ4v) is 3.36. The Morgan fingerprint density at radius 1 is 0.967 bits per heavy atom. The van der Waals surface area contributed by atoms with Gasteiger partial charge < -0.3 is 19.7 Å². The minimum absolute atomic E-state index is 0.0514. The van der Waals surface area contributed by atoms with Crippen LogP contribution in [-0.4, -0.2) is 49.1 Å². The Hall–Kier alpha value is -3.35. The number of rotatable bonds is 6. The molecule has 0 spiro atoms. The van der Waals surface area contributed by atoms with Crippen molar-refractivity contribution in [3.63, 3.8) is 0 Å². The molecule has 0 radical (unpaired) electrons. The molecule has 1 fully saturated rings. The topological polar surface area (TPSA) is 84.9 Å². The zero-order chi connectivity index (χ0) is 21.3. The van der Waals surface area contributed by atoms with Crippen LogP contribution < -0.4 is 10.1 Å². The smallest absolute Gasteiger partial charge is 0.434 e. The fourth-order valence-electron chi connectivity index (χ4n) is 3.36. The highest BCUT2D eigenvalue weighted by Gasteiger charge is 2.24. The molecule has 1 aliphatic heterocycles. The zero-order valence-electron chi connectivity index (χ0n) is 17.0. The van der Waals surface area contributed by atoms with Gasteiger partial charge in [0.15, 0.2) is 0 Å². The Kier molecular flexibility index (Phi) is 7.43. The third-order valence-corrected chi connectivity index (χ3v) is 5.05. The van der Waals surface area contributed by atoms with Gasteiger partial charge in [0.1, 0.15) is 5.75 Å². The lowest BCUT2D eigenvalue weighted by molar-refractivity contribution is 0.0684. The molecule has 7 heteroatoms. The average Bonchev–Trinajstić information content (AvgIpc) is 2.78. The predicted molar refractivity (Wildman–Crippen MR) is 111 cm³/mol. The Morgan fingerprint density at radius 3 is 2.27 bits per heavy atom. The van der Waals surface area contributed by atoms with Gasteiger partial charge in [-0.15, -0.1) is 0 Å². The Balaban J connectivity index is 1.44. The summed E-state index contributed by atoms with van der Waals surface area (Å²) in [4.78, 5) is 38.0. The van der Waals surface area contributed by atoms with Crippen molar-refractivity contribution < 1.29 is 23.9 Å². The van der Waals surface area contributed by atoms with E-state index in [1.165, 1.54) is 0 Å². The lowest BCUT2D eigenvalue weighted by atomic mass is 9.96. The molecule has 1 N–H and O–H groups in total. The molecule has 0 atom stereocenters. The van der Waals surface area contributed by atoms with Gasteiger partial charge in [-0.25, -0.2) is 4.79 Å². The first kappa shape index (κ1) is 21.4. The van der Waals surface area contributed by atoms with Crippen LogP contribution >= 0.6 is 0 Å². The number of likely N-dealkylation sites (tertiary alicyclic amines) is 1. The molecule has 0 bridgehead atoms. The summed E-state index contributed by atoms with van der Waals surface area (Å²) in [7, 11) is 0. The van der Waals surface area contributed by atoms with E-state index in [0.29, 0.717) is 42.4 Å². The number of ether oxygens (including phenoxy) is 2. The van der Waals surface area contributed by atoms with Gasteiger partial charge in [-0.05, 0) is 62.1 Å². The van der Waals surface area contributed by atoms with Gasteiger partial charge in [-0.3, -0.25) is 9.59 Å². The normalized spacial score (nSPS) is 14.1. The summed E-state index contributed by atoms with van der Waals surface area (Å²) in [6.07, 6.45) is 0.911. The maximum Gasteiger partial charge on any atom is 0.513 e. The molecule has 1 saturated heterocycles. The van der Waals surface area contributed by atoms with Crippen LogP contribution in [0.15, 0.2) is 54.6 Å². The van der Waals surface area contributed by atoms with Crippen molar-refractivity contribution in [2.75, 3.05) is 26.2 Å². The van der Waals surface area contributed by atoms with Crippen LogP contribution in [0.2, 0.25) is 0 Å². The number of hydrogen-bond acceptors (Lipinski definition) is 5. The zero-order valence-corrected chi connectivity index (χ0v) is 17.0. The number of carbonyl (C=O) groups is 3. The number of nitrogens with one attached hydrogen (secondary N) is 1. The van der Waals surface area contributed by atoms with Crippen LogP contribution in [0.25, 0.3) is 0 Å². The summed E-state index contributed by atoms with van der Waals surface area (Å²) in [5, 5.41) is 2.98. The first-order chi connectivity index (χ1) is 14.6. The summed E-state index contributed by atoms with van der Waals surface area (Å²) in [5.74, 6) is 0.559. The van der Waals surface area contributed by atoms with Crippen molar-refractivity contribution in [1.82, 2.24) is 10.2 Å². The second kappa shape index (κ2) is 10.4. The first-order valence-electron chi connectivity index (χ1n) is 10.1. The van der Waals surface area contributed by atoms with E-state index in [1.54, 1.807) is 43.3 Å². The van der Waals surface area contributed by atoms with Crippen LogP contribution in [0, 0.1) is 5.92 Å². The summed E-state index contributed by atoms with van der Waals surface area (Å²) < 4.78 is 9.73. The van der Waals surface area contributed by atoms with E-state index in [4.69, 9.17) is 9.47 Å². The van der Waals surface area contributed by atoms with E-state index in [-0.39, 0.29) is 18.4 Å². The summed E-state index contributed by atoms with van der Waals surface area (Å²) in [6, 6.07) is 15.6. The van der Waals surface area contributed by atoms with Gasteiger partial charge >= 0.3 is 6.16 Å². The van der Waals surface area contributed by atoms with E-state index in [0.717, 1.165) is 12.8 Å². The van der Waals surface area contributed by atoms with Crippen LogP contribution in [0.1, 0.15) is 40.5 Å². The third-order valence-electron chi connectivity index (χ3n) is 5.05. The monoisotopic (exact) mass is 410 g/mol. The molecule has 30 heavy (non-hydrogen) atoms. The maximum atomic E-state index is 12.7. The molecular weight excluding hydrogens is 384 g/mol. The molecule has 0 aromatic heterocycles. The van der Waals surface area contributed by atoms with E-state index >= 15 is 0 Å². The summed E-state index contributed by atoms with van der Waals surface area (Å²) in [6.45, 7) is 3.83. The van der Waals surface area contributed by atoms with Gasteiger partial charge in [0.05, 0.1) is 6.61 Å². The SMILES string of the molecule is CCOC(=O)Oc1ccc(C(=O)N2CCC(CNC(=O)c3ccccc3)CC2)cc1. The Morgan fingerprint density at radius 2 is 1.63 bits per heavy atom. The molecule has 2 amide bonds. The van der Waals surface area contributed by atoms with Crippen LogP contribution in [-0.2, 0) is 4.74 Å². The largest absolute Gasteiger partial charge is 0.513 e. The lowest BCUT2D eigenvalue weighted by Gasteiger charge is -2.32. The van der Waals surface area contributed by atoms with Crippen molar-refractivity contribution in [3.8, 4) is 5.75 Å². The molecule has 1 aliphatic rings. The molecule has 0 saturated carbocycles. The van der Waals surface area contributed by atoms with Crippen LogP contribution in [0.4, 0.5) is 4.79 Å². The van der Waals surface area contributed by atoms with Crippen molar-refractivity contribution in [3.05, 3.63) is 65.7 Å². The first-order valence-corrected chi connectivity index (χ1v) is 10.1. The number of piperidine rings is 1. The van der Waals surface area contributed by atoms with Gasteiger partial charge in [0.25, 0.3) is 11.8 Å². The van der Waals surface area contributed by atoms with Gasteiger partial charge in [0.2, 0.25) is 0 Å². The number of hydrogen-bond donors (Lipinski definition) is 1. The lowest BCUT2D eigenvalue weighted by Crippen LogP contribution is -2.41. The number of amides is 2. The molecule has 1 heterocycles. The third kappa shape index (κ3) is 5.83. The molecular formula is C23H26N2O5. The number of benzene rings is 2. The van der Waals surface area contributed by atoms with Crippen molar-refractivity contribution in [1.29, 1.82) is 0 Å². The molecule has 0 aliphatic carbocycles. The van der Waals surface area contributed by atoms with Gasteiger partial charge in [0, 0.05) is 30.8 Å². The predicted octanol–water partition coefficient (Wildman–Crippen LogP) is 3.50. The Bertz CT molecular complexity index is 859. The fraction of sp³-hybridized carbons (Fsp3) is 0.348. The van der Waals surface area contributed by atoms with Crippen molar-refractivity contribution in [2.24, 2.45) is 5.92 Å². The van der Waals surface area contributed by atoms with E-state index < -0.39 is 6.16 Å². The highest BCUT2D eigenvalue weighted by molar-refractivity contribution is 5.95. The van der Waals surface area contributed by atoms with E-state index in [2.05, 4.69) is 5.32 Å². The second-order valence-electron chi connectivity index (χ2n) is 7.12. The average molecular weight is 410 g/mol. The Labute approximate surface area is 176 Å². The van der Waals surface area contributed by atoms with Crippen molar-refractivity contribution in [2.45, 2.75) is 19.8 Å². The molecule has 158 valence electrons. The van der Waals surface area contributed by atoms with Gasteiger partial charge in [-0.2, -0.15) is 0 Å². The molecule has 7 nitrogen and oxygen atoms in total. The quantitative estimate of drug-likeness (QED) is 0.582. The molecule has 3 rings (SSSR count). The van der Waals surface area contributed by atoms with Gasteiger partial charge in [-0.1, -0.05) is 18.2 Å². The second-order valence-corrected chi connectivity index (χ2v) is 7.12. The summed E-state index contributed by atoms with van der Waals surface area (Å²) in [5.41, 5.74) is 1.20. The minimum Gasteiger partial charge on any atom is -0.434 e. The van der Waals surface area contributed by atoms with Crippen molar-refractivity contribution >= 4 is 18.0 Å². The maximum absolute atomic E-state index is 12.7. The molecule has 0 unspecified atom stereocenters. The molecule has 2 aromatic rings. The number of nitrogens with zero attached hydrogens (tertiary/aromatic N) is 1. The van der Waals surface area contributed by atoms with Crippen LogP contribution in [0.5, 0.6) is 5.75 Å².